The first-order valence-electron chi connectivity index (χ1n) is 9.17. The highest BCUT2D eigenvalue weighted by Crippen LogP contribution is 2.26. The van der Waals surface area contributed by atoms with Gasteiger partial charge in [0.05, 0.1) is 6.61 Å². The third kappa shape index (κ3) is 8.14. The molecule has 5 heteroatoms. The van der Waals surface area contributed by atoms with Gasteiger partial charge in [-0.25, -0.2) is 0 Å². The van der Waals surface area contributed by atoms with E-state index in [0.717, 1.165) is 50.5 Å². The van der Waals surface area contributed by atoms with Gasteiger partial charge in [0, 0.05) is 6.92 Å². The van der Waals surface area contributed by atoms with Crippen molar-refractivity contribution in [1.29, 1.82) is 0 Å². The first kappa shape index (κ1) is 21.1. The van der Waals surface area contributed by atoms with Crippen molar-refractivity contribution in [3.8, 4) is 0 Å². The Hall–Kier alpha value is -1.91. The molecule has 1 aliphatic rings. The Morgan fingerprint density at radius 2 is 1.68 bits per heavy atom. The highest BCUT2D eigenvalue weighted by Gasteiger charge is 2.37. The first-order valence-corrected chi connectivity index (χ1v) is 9.17. The molecule has 0 bridgehead atoms. The van der Waals surface area contributed by atoms with Crippen molar-refractivity contribution in [2.45, 2.75) is 77.2 Å². The number of rotatable bonds is 13. The lowest BCUT2D eigenvalue weighted by Crippen LogP contribution is -2.40. The molecule has 140 valence electrons. The van der Waals surface area contributed by atoms with Gasteiger partial charge in [0.15, 0.2) is 5.60 Å². The molecule has 0 amide bonds. The summed E-state index contributed by atoms with van der Waals surface area (Å²) in [5.74, 6) is -0.554. The van der Waals surface area contributed by atoms with E-state index >= 15 is 0 Å². The average Bonchev–Trinajstić information content (AvgIpc) is 2.56. The van der Waals surface area contributed by atoms with Crippen LogP contribution >= 0.6 is 0 Å². The number of allylic oxidation sites excluding steroid dienone is 2. The molecule has 0 aliphatic heterocycles. The van der Waals surface area contributed by atoms with Gasteiger partial charge in [0.25, 0.3) is 6.47 Å². The van der Waals surface area contributed by atoms with Crippen LogP contribution in [0.1, 0.15) is 71.6 Å². The van der Waals surface area contributed by atoms with Crippen LogP contribution in [0.25, 0.3) is 0 Å². The van der Waals surface area contributed by atoms with Gasteiger partial charge in [-0.3, -0.25) is 14.4 Å². The van der Waals surface area contributed by atoms with Crippen LogP contribution in [-0.2, 0) is 23.9 Å². The van der Waals surface area contributed by atoms with Crippen molar-refractivity contribution in [3.05, 3.63) is 23.8 Å². The van der Waals surface area contributed by atoms with E-state index in [1.807, 2.05) is 6.08 Å². The maximum atomic E-state index is 12.5. The molecule has 0 aromatic carbocycles. The topological polar surface area (TPSA) is 69.7 Å². The van der Waals surface area contributed by atoms with Gasteiger partial charge >= 0.3 is 5.97 Å². The fourth-order valence-corrected chi connectivity index (χ4v) is 3.00. The molecule has 0 saturated heterocycles. The van der Waals surface area contributed by atoms with Crippen LogP contribution in [0.3, 0.4) is 0 Å². The number of ketones is 1. The van der Waals surface area contributed by atoms with Crippen LogP contribution in [0.2, 0.25) is 0 Å². The van der Waals surface area contributed by atoms with Crippen LogP contribution in [-0.4, -0.2) is 30.4 Å². The van der Waals surface area contributed by atoms with Gasteiger partial charge in [0.2, 0.25) is 5.78 Å². The molecule has 0 aromatic rings. The van der Waals surface area contributed by atoms with E-state index in [1.54, 1.807) is 19.1 Å². The van der Waals surface area contributed by atoms with Crippen molar-refractivity contribution in [2.24, 2.45) is 0 Å². The van der Waals surface area contributed by atoms with Crippen LogP contribution in [0, 0.1) is 0 Å². The van der Waals surface area contributed by atoms with Crippen LogP contribution in [0.4, 0.5) is 0 Å². The minimum atomic E-state index is -1.15. The number of carbonyl (C=O) groups excluding carboxylic acids is 3. The van der Waals surface area contributed by atoms with E-state index < -0.39 is 11.6 Å². The van der Waals surface area contributed by atoms with E-state index in [-0.39, 0.29) is 5.78 Å². The van der Waals surface area contributed by atoms with E-state index in [2.05, 4.69) is 4.74 Å². The smallest absolute Gasteiger partial charge is 0.303 e. The molecular weight excluding hydrogens is 320 g/mol. The summed E-state index contributed by atoms with van der Waals surface area (Å²) in [5.41, 5.74) is -0.412. The van der Waals surface area contributed by atoms with Gasteiger partial charge in [-0.2, -0.15) is 0 Å². The minimum absolute atomic E-state index is 0.109. The standard InChI is InChI=1S/C20H30O5/c1-17(22)25-20(2)14-11-13-18(19(20)23)12-9-7-5-3-4-6-8-10-15-24-16-21/h11,13-14,16H,3-10,12,15H2,1-2H3. The normalized spacial score (nSPS) is 19.4. The fourth-order valence-electron chi connectivity index (χ4n) is 3.00. The number of unbranched alkanes of at least 4 members (excludes halogenated alkanes) is 7. The molecule has 0 radical (unpaired) electrons. The lowest BCUT2D eigenvalue weighted by molar-refractivity contribution is -0.157. The van der Waals surface area contributed by atoms with E-state index in [1.165, 1.54) is 19.8 Å². The van der Waals surface area contributed by atoms with Crippen LogP contribution in [0.5, 0.6) is 0 Å². The van der Waals surface area contributed by atoms with E-state index in [4.69, 9.17) is 4.74 Å². The number of hydrogen-bond donors (Lipinski definition) is 0. The fraction of sp³-hybridized carbons (Fsp3) is 0.650. The van der Waals surface area contributed by atoms with Crippen molar-refractivity contribution in [2.75, 3.05) is 6.61 Å². The quantitative estimate of drug-likeness (QED) is 0.285. The van der Waals surface area contributed by atoms with E-state index in [9.17, 15) is 14.4 Å². The number of carbonyl (C=O) groups is 3. The number of esters is 1. The predicted octanol–water partition coefficient (Wildman–Crippen LogP) is 4.06. The Labute approximate surface area is 150 Å². The Morgan fingerprint density at radius 3 is 2.28 bits per heavy atom. The van der Waals surface area contributed by atoms with Crippen molar-refractivity contribution < 1.29 is 23.9 Å². The Bertz CT molecular complexity index is 506. The summed E-state index contributed by atoms with van der Waals surface area (Å²) in [6.07, 6.45) is 14.8. The summed E-state index contributed by atoms with van der Waals surface area (Å²) >= 11 is 0. The second-order valence-electron chi connectivity index (χ2n) is 6.63. The van der Waals surface area contributed by atoms with Crippen molar-refractivity contribution >= 4 is 18.2 Å². The third-order valence-corrected chi connectivity index (χ3v) is 4.34. The highest BCUT2D eigenvalue weighted by molar-refractivity contribution is 6.05. The number of hydrogen-bond acceptors (Lipinski definition) is 5. The molecule has 5 nitrogen and oxygen atoms in total. The largest absolute Gasteiger partial charge is 0.468 e. The summed E-state index contributed by atoms with van der Waals surface area (Å²) < 4.78 is 9.83. The predicted molar refractivity (Wildman–Crippen MR) is 96.0 cm³/mol. The summed E-state index contributed by atoms with van der Waals surface area (Å²) in [7, 11) is 0. The minimum Gasteiger partial charge on any atom is -0.468 e. The maximum Gasteiger partial charge on any atom is 0.303 e. The molecule has 1 aliphatic carbocycles. The lowest BCUT2D eigenvalue weighted by Gasteiger charge is -2.27. The van der Waals surface area contributed by atoms with Crippen LogP contribution < -0.4 is 0 Å². The van der Waals surface area contributed by atoms with Gasteiger partial charge in [-0.15, -0.1) is 0 Å². The zero-order valence-corrected chi connectivity index (χ0v) is 15.4. The molecule has 0 fully saturated rings. The zero-order chi connectivity index (χ0) is 18.5. The average molecular weight is 350 g/mol. The molecule has 0 spiro atoms. The van der Waals surface area contributed by atoms with E-state index in [0.29, 0.717) is 13.1 Å². The highest BCUT2D eigenvalue weighted by atomic mass is 16.6. The maximum absolute atomic E-state index is 12.5. The Balaban J connectivity index is 2.13. The first-order chi connectivity index (χ1) is 12.0. The van der Waals surface area contributed by atoms with Crippen molar-refractivity contribution in [3.63, 3.8) is 0 Å². The monoisotopic (exact) mass is 350 g/mol. The van der Waals surface area contributed by atoms with Gasteiger partial charge < -0.3 is 9.47 Å². The Kier molecular flexibility index (Phi) is 9.81. The molecule has 1 rings (SSSR count). The van der Waals surface area contributed by atoms with Crippen LogP contribution in [0.15, 0.2) is 23.8 Å². The molecule has 0 saturated carbocycles. The number of ether oxygens (including phenoxy) is 2. The van der Waals surface area contributed by atoms with Crippen molar-refractivity contribution in [1.82, 2.24) is 0 Å². The second kappa shape index (κ2) is 11.6. The molecule has 0 heterocycles. The summed E-state index contributed by atoms with van der Waals surface area (Å²) in [6.45, 7) is 3.98. The molecule has 25 heavy (non-hydrogen) atoms. The number of Topliss-reactive ketones (excluding diaryl/α,β-unsaturated/α-hetero) is 1. The third-order valence-electron chi connectivity index (χ3n) is 4.34. The molecule has 1 atom stereocenters. The van der Waals surface area contributed by atoms with Gasteiger partial charge in [-0.05, 0) is 37.8 Å². The lowest BCUT2D eigenvalue weighted by atomic mass is 9.87. The summed E-state index contributed by atoms with van der Waals surface area (Å²) in [5, 5.41) is 0. The molecule has 0 aromatic heterocycles. The van der Waals surface area contributed by atoms with Gasteiger partial charge in [-0.1, -0.05) is 50.7 Å². The SMILES string of the molecule is CC(=O)OC1(C)C=CC=C(CCCCCCCCCCOC=O)C1=O. The summed E-state index contributed by atoms with van der Waals surface area (Å²) in [6, 6.07) is 0. The molecule has 0 N–H and O–H groups in total. The Morgan fingerprint density at radius 1 is 1.08 bits per heavy atom. The zero-order valence-electron chi connectivity index (χ0n) is 15.4. The second-order valence-corrected chi connectivity index (χ2v) is 6.63. The summed E-state index contributed by atoms with van der Waals surface area (Å²) in [4.78, 5) is 33.6. The van der Waals surface area contributed by atoms with Gasteiger partial charge in [0.1, 0.15) is 0 Å². The molecule has 1 unspecified atom stereocenters. The molecular formula is C20H30O5.